The molecule has 0 heterocycles. The summed E-state index contributed by atoms with van der Waals surface area (Å²) in [5, 5.41) is 0. The normalized spacial score (nSPS) is 20.1. The maximum Gasteiger partial charge on any atom is 0.316 e. The van der Waals surface area contributed by atoms with Crippen LogP contribution in [0.5, 0.6) is 0 Å². The van der Waals surface area contributed by atoms with Crippen LogP contribution in [0.1, 0.15) is 39.0 Å². The molecule has 1 atom stereocenters. The molecule has 0 bridgehead atoms. The summed E-state index contributed by atoms with van der Waals surface area (Å²) in [6.45, 7) is 1.48. The molecular weight excluding hydrogens is 180 g/mol. The molecule has 1 saturated carbocycles. The van der Waals surface area contributed by atoms with Crippen LogP contribution in [0.25, 0.3) is 0 Å². The van der Waals surface area contributed by atoms with Gasteiger partial charge in [0.15, 0.2) is 0 Å². The molecule has 14 heavy (non-hydrogen) atoms. The van der Waals surface area contributed by atoms with E-state index in [4.69, 9.17) is 0 Å². The molecule has 3 nitrogen and oxygen atoms in total. The smallest absolute Gasteiger partial charge is 0.316 e. The average Bonchev–Trinajstić information content (AvgIpc) is 2.19. The minimum Gasteiger partial charge on any atom is -0.468 e. The third kappa shape index (κ3) is 2.56. The van der Waals surface area contributed by atoms with Crippen molar-refractivity contribution in [3.05, 3.63) is 0 Å². The van der Waals surface area contributed by atoms with Gasteiger partial charge >= 0.3 is 5.97 Å². The second-order valence-corrected chi connectivity index (χ2v) is 4.01. The molecule has 0 aromatic rings. The molecule has 0 aromatic carbocycles. The van der Waals surface area contributed by atoms with Gasteiger partial charge in [-0.15, -0.1) is 0 Å². The molecule has 0 spiro atoms. The number of ketones is 1. The Morgan fingerprint density at radius 1 is 1.21 bits per heavy atom. The number of carbonyl (C=O) groups is 2. The third-order valence-corrected chi connectivity index (χ3v) is 3.01. The summed E-state index contributed by atoms with van der Waals surface area (Å²) in [6.07, 6.45) is 5.46. The number of esters is 1. The zero-order chi connectivity index (χ0) is 10.6. The maximum absolute atomic E-state index is 11.4. The fraction of sp³-hybridized carbons (Fsp3) is 0.818. The Morgan fingerprint density at radius 3 is 2.21 bits per heavy atom. The van der Waals surface area contributed by atoms with Crippen molar-refractivity contribution in [2.75, 3.05) is 7.11 Å². The van der Waals surface area contributed by atoms with Gasteiger partial charge in [-0.2, -0.15) is 0 Å². The lowest BCUT2D eigenvalue weighted by molar-refractivity contribution is -0.151. The highest BCUT2D eigenvalue weighted by Crippen LogP contribution is 2.31. The molecule has 0 unspecified atom stereocenters. The Kier molecular flexibility index (Phi) is 4.11. The van der Waals surface area contributed by atoms with E-state index in [1.165, 1.54) is 20.5 Å². The van der Waals surface area contributed by atoms with Crippen molar-refractivity contribution < 1.29 is 14.3 Å². The van der Waals surface area contributed by atoms with E-state index in [0.29, 0.717) is 0 Å². The SMILES string of the molecule is COC(=O)[C@@H](C(C)=O)C1CCCCC1. The van der Waals surface area contributed by atoms with Crippen molar-refractivity contribution in [3.8, 4) is 0 Å². The Bertz CT molecular complexity index is 217. The Morgan fingerprint density at radius 2 is 1.79 bits per heavy atom. The summed E-state index contributed by atoms with van der Waals surface area (Å²) in [4.78, 5) is 22.8. The first-order chi connectivity index (χ1) is 6.66. The van der Waals surface area contributed by atoms with Gasteiger partial charge < -0.3 is 4.74 Å². The number of Topliss-reactive ketones (excluding diaryl/α,β-unsaturated/α-hetero) is 1. The predicted octanol–water partition coefficient (Wildman–Crippen LogP) is 1.94. The first kappa shape index (κ1) is 11.2. The van der Waals surface area contributed by atoms with E-state index < -0.39 is 5.92 Å². The lowest BCUT2D eigenvalue weighted by atomic mass is 9.78. The van der Waals surface area contributed by atoms with Gasteiger partial charge in [0.25, 0.3) is 0 Å². The fourth-order valence-corrected chi connectivity index (χ4v) is 2.28. The zero-order valence-corrected chi connectivity index (χ0v) is 8.91. The number of methoxy groups -OCH3 is 1. The lowest BCUT2D eigenvalue weighted by Gasteiger charge is -2.26. The van der Waals surface area contributed by atoms with E-state index in [1.807, 2.05) is 0 Å². The van der Waals surface area contributed by atoms with Gasteiger partial charge in [0.2, 0.25) is 0 Å². The van der Waals surface area contributed by atoms with E-state index in [0.717, 1.165) is 25.7 Å². The molecule has 80 valence electrons. The summed E-state index contributed by atoms with van der Waals surface area (Å²) < 4.78 is 4.67. The molecule has 0 N–H and O–H groups in total. The van der Waals surface area contributed by atoms with Gasteiger partial charge in [-0.3, -0.25) is 9.59 Å². The fourth-order valence-electron chi connectivity index (χ4n) is 2.28. The minimum absolute atomic E-state index is 0.0521. The Hall–Kier alpha value is -0.860. The van der Waals surface area contributed by atoms with Gasteiger partial charge in [0.1, 0.15) is 11.7 Å². The van der Waals surface area contributed by atoms with Crippen LogP contribution in [0.2, 0.25) is 0 Å². The van der Waals surface area contributed by atoms with Crippen LogP contribution in [-0.4, -0.2) is 18.9 Å². The summed E-state index contributed by atoms with van der Waals surface area (Å²) >= 11 is 0. The second-order valence-electron chi connectivity index (χ2n) is 4.01. The number of rotatable bonds is 3. The van der Waals surface area contributed by atoms with E-state index in [9.17, 15) is 9.59 Å². The largest absolute Gasteiger partial charge is 0.468 e. The van der Waals surface area contributed by atoms with Crippen LogP contribution in [0.3, 0.4) is 0 Å². The van der Waals surface area contributed by atoms with Crippen molar-refractivity contribution in [3.63, 3.8) is 0 Å². The summed E-state index contributed by atoms with van der Waals surface area (Å²) in [5.74, 6) is -0.706. The molecule has 1 fully saturated rings. The maximum atomic E-state index is 11.4. The highest BCUT2D eigenvalue weighted by Gasteiger charge is 2.33. The standard InChI is InChI=1S/C11H18O3/c1-8(12)10(11(13)14-2)9-6-4-3-5-7-9/h9-10H,3-7H2,1-2H3/t10-/m0/s1. The van der Waals surface area contributed by atoms with Gasteiger partial charge in [0.05, 0.1) is 7.11 Å². The van der Waals surface area contributed by atoms with E-state index in [-0.39, 0.29) is 17.7 Å². The van der Waals surface area contributed by atoms with Crippen LogP contribution < -0.4 is 0 Å². The highest BCUT2D eigenvalue weighted by molar-refractivity contribution is 5.98. The molecule has 0 aromatic heterocycles. The number of hydrogen-bond donors (Lipinski definition) is 0. The average molecular weight is 198 g/mol. The second kappa shape index (κ2) is 5.13. The molecule has 0 amide bonds. The monoisotopic (exact) mass is 198 g/mol. The molecule has 0 radical (unpaired) electrons. The summed E-state index contributed by atoms with van der Waals surface area (Å²) in [5.41, 5.74) is 0. The van der Waals surface area contributed by atoms with Gasteiger partial charge in [-0.1, -0.05) is 19.3 Å². The molecule has 1 aliphatic carbocycles. The lowest BCUT2D eigenvalue weighted by Crippen LogP contribution is -2.32. The third-order valence-electron chi connectivity index (χ3n) is 3.01. The van der Waals surface area contributed by atoms with Crippen LogP contribution >= 0.6 is 0 Å². The quantitative estimate of drug-likeness (QED) is 0.514. The topological polar surface area (TPSA) is 43.4 Å². The predicted molar refractivity (Wildman–Crippen MR) is 52.8 cm³/mol. The molecular formula is C11H18O3. The van der Waals surface area contributed by atoms with Crippen molar-refractivity contribution in [1.82, 2.24) is 0 Å². The van der Waals surface area contributed by atoms with E-state index >= 15 is 0 Å². The van der Waals surface area contributed by atoms with Gasteiger partial charge in [-0.05, 0) is 25.7 Å². The van der Waals surface area contributed by atoms with Crippen molar-refractivity contribution in [1.29, 1.82) is 0 Å². The van der Waals surface area contributed by atoms with Crippen LogP contribution in [0.15, 0.2) is 0 Å². The molecule has 0 aliphatic heterocycles. The molecule has 1 rings (SSSR count). The van der Waals surface area contributed by atoms with Crippen LogP contribution in [0, 0.1) is 11.8 Å². The number of carbonyl (C=O) groups excluding carboxylic acids is 2. The van der Waals surface area contributed by atoms with Gasteiger partial charge in [-0.25, -0.2) is 0 Å². The Balaban J connectivity index is 2.65. The van der Waals surface area contributed by atoms with Crippen LogP contribution in [-0.2, 0) is 14.3 Å². The molecule has 3 heteroatoms. The van der Waals surface area contributed by atoms with E-state index in [2.05, 4.69) is 4.74 Å². The van der Waals surface area contributed by atoms with Crippen LogP contribution in [0.4, 0.5) is 0 Å². The minimum atomic E-state index is -0.514. The van der Waals surface area contributed by atoms with E-state index in [1.54, 1.807) is 0 Å². The number of hydrogen-bond acceptors (Lipinski definition) is 3. The first-order valence-electron chi connectivity index (χ1n) is 5.25. The van der Waals surface area contributed by atoms with Crippen molar-refractivity contribution in [2.45, 2.75) is 39.0 Å². The summed E-state index contributed by atoms with van der Waals surface area (Å²) in [6, 6.07) is 0. The highest BCUT2D eigenvalue weighted by atomic mass is 16.5. The van der Waals surface area contributed by atoms with Gasteiger partial charge in [0, 0.05) is 0 Å². The van der Waals surface area contributed by atoms with Crippen molar-refractivity contribution in [2.24, 2.45) is 11.8 Å². The zero-order valence-electron chi connectivity index (χ0n) is 8.91. The summed E-state index contributed by atoms with van der Waals surface area (Å²) in [7, 11) is 1.35. The molecule has 1 aliphatic rings. The van der Waals surface area contributed by atoms with Crippen molar-refractivity contribution >= 4 is 11.8 Å². The molecule has 0 saturated heterocycles. The number of ether oxygens (including phenoxy) is 1. The first-order valence-corrected chi connectivity index (χ1v) is 5.25. The Labute approximate surface area is 84.8 Å².